The summed E-state index contributed by atoms with van der Waals surface area (Å²) in [6, 6.07) is 15.2. The second kappa shape index (κ2) is 12.9. The predicted molar refractivity (Wildman–Crippen MR) is 142 cm³/mol. The third-order valence-corrected chi connectivity index (χ3v) is 7.04. The largest absolute Gasteiger partial charge is 0.494 e. The number of aromatic nitrogens is 2. The maximum Gasteiger partial charge on any atom is 0.251 e. The lowest BCUT2D eigenvalue weighted by Gasteiger charge is -2.34. The second-order valence-corrected chi connectivity index (χ2v) is 9.77. The first-order valence-corrected chi connectivity index (χ1v) is 13.3. The van der Waals surface area contributed by atoms with Crippen molar-refractivity contribution in [1.29, 1.82) is 0 Å². The van der Waals surface area contributed by atoms with Crippen molar-refractivity contribution in [3.63, 3.8) is 0 Å². The molecule has 0 aliphatic carbocycles. The van der Waals surface area contributed by atoms with Crippen LogP contribution in [-0.2, 0) is 6.42 Å². The van der Waals surface area contributed by atoms with Crippen molar-refractivity contribution < 1.29 is 9.53 Å². The number of unbranched alkanes of at least 4 members (excludes halogenated alkanes) is 1. The highest BCUT2D eigenvalue weighted by Gasteiger charge is 2.20. The van der Waals surface area contributed by atoms with E-state index in [2.05, 4.69) is 26.4 Å². The number of rotatable bonds is 11. The van der Waals surface area contributed by atoms with Crippen LogP contribution in [0.4, 0.5) is 5.13 Å². The summed E-state index contributed by atoms with van der Waals surface area (Å²) in [5.74, 6) is 1.60. The standard InChI is InChI=1S/C26H32ClN5O2S/c1-2-3-18-34-23-10-6-21(7-11-23)25(33)28-12-13-31-14-16-32(17-15-31)26-29-24(30-35-26)19-20-4-8-22(27)9-5-20/h4-11H,2-3,12-19H2,1H3,(H,28,33). The molecule has 7 nitrogen and oxygen atoms in total. The first-order chi connectivity index (χ1) is 17.1. The lowest BCUT2D eigenvalue weighted by atomic mass is 10.1. The Morgan fingerprint density at radius 2 is 1.83 bits per heavy atom. The van der Waals surface area contributed by atoms with E-state index in [1.54, 1.807) is 0 Å². The summed E-state index contributed by atoms with van der Waals surface area (Å²) in [6.45, 7) is 7.98. The Hall–Kier alpha value is -2.68. The number of benzene rings is 2. The Labute approximate surface area is 216 Å². The van der Waals surface area contributed by atoms with Crippen LogP contribution in [0.5, 0.6) is 5.75 Å². The van der Waals surface area contributed by atoms with Gasteiger partial charge in [0.25, 0.3) is 5.91 Å². The Morgan fingerprint density at radius 3 is 2.54 bits per heavy atom. The molecule has 2 aromatic carbocycles. The molecule has 4 rings (SSSR count). The third kappa shape index (κ3) is 7.65. The minimum Gasteiger partial charge on any atom is -0.494 e. The van der Waals surface area contributed by atoms with Crippen molar-refractivity contribution in [2.45, 2.75) is 26.2 Å². The van der Waals surface area contributed by atoms with Crippen molar-refractivity contribution in [2.24, 2.45) is 0 Å². The lowest BCUT2D eigenvalue weighted by molar-refractivity contribution is 0.0947. The van der Waals surface area contributed by atoms with Gasteiger partial charge in [-0.25, -0.2) is 4.98 Å². The van der Waals surface area contributed by atoms with E-state index in [4.69, 9.17) is 21.3 Å². The zero-order chi connectivity index (χ0) is 24.5. The molecule has 0 bridgehead atoms. The number of hydrogen-bond donors (Lipinski definition) is 1. The first-order valence-electron chi connectivity index (χ1n) is 12.2. The molecule has 1 aliphatic heterocycles. The van der Waals surface area contributed by atoms with Crippen molar-refractivity contribution in [3.05, 3.63) is 70.5 Å². The minimum atomic E-state index is -0.0502. The summed E-state index contributed by atoms with van der Waals surface area (Å²) >= 11 is 7.43. The first kappa shape index (κ1) is 25.4. The number of carbonyl (C=O) groups excluding carboxylic acids is 1. The van der Waals surface area contributed by atoms with Gasteiger partial charge in [-0.3, -0.25) is 9.69 Å². The van der Waals surface area contributed by atoms with E-state index in [0.29, 0.717) is 25.1 Å². The van der Waals surface area contributed by atoms with E-state index in [9.17, 15) is 4.79 Å². The second-order valence-electron chi connectivity index (χ2n) is 8.61. The van der Waals surface area contributed by atoms with Crippen LogP contribution in [0.15, 0.2) is 48.5 Å². The highest BCUT2D eigenvalue weighted by Crippen LogP contribution is 2.21. The fraction of sp³-hybridized carbons (Fsp3) is 0.423. The molecule has 1 N–H and O–H groups in total. The zero-order valence-corrected chi connectivity index (χ0v) is 21.7. The molecule has 186 valence electrons. The van der Waals surface area contributed by atoms with Crippen molar-refractivity contribution in [2.75, 3.05) is 50.8 Å². The van der Waals surface area contributed by atoms with E-state index in [1.807, 2.05) is 48.5 Å². The third-order valence-electron chi connectivity index (χ3n) is 5.97. The van der Waals surface area contributed by atoms with Gasteiger partial charge in [0.2, 0.25) is 5.13 Å². The summed E-state index contributed by atoms with van der Waals surface area (Å²) in [5.41, 5.74) is 1.81. The molecule has 0 saturated carbocycles. The molecule has 2 heterocycles. The normalized spacial score (nSPS) is 14.2. The predicted octanol–water partition coefficient (Wildman–Crippen LogP) is 4.51. The van der Waals surface area contributed by atoms with Crippen molar-refractivity contribution in [1.82, 2.24) is 19.6 Å². The fourth-order valence-corrected chi connectivity index (χ4v) is 4.72. The van der Waals surface area contributed by atoms with Crippen LogP contribution >= 0.6 is 23.1 Å². The Balaban J connectivity index is 1.16. The number of piperazine rings is 1. The molecule has 1 amide bonds. The maximum absolute atomic E-state index is 12.4. The highest BCUT2D eigenvalue weighted by molar-refractivity contribution is 7.09. The van der Waals surface area contributed by atoms with Crippen molar-refractivity contribution >= 4 is 34.2 Å². The van der Waals surface area contributed by atoms with Crippen LogP contribution in [0.3, 0.4) is 0 Å². The van der Waals surface area contributed by atoms with E-state index in [1.165, 1.54) is 11.5 Å². The SMILES string of the molecule is CCCCOc1ccc(C(=O)NCCN2CCN(c3nc(Cc4ccc(Cl)cc4)ns3)CC2)cc1. The molecule has 1 aliphatic rings. The molecule has 0 radical (unpaired) electrons. The van der Waals surface area contributed by atoms with Gasteiger partial charge in [0.05, 0.1) is 6.61 Å². The Morgan fingerprint density at radius 1 is 1.09 bits per heavy atom. The molecule has 3 aromatic rings. The van der Waals surface area contributed by atoms with Crippen LogP contribution < -0.4 is 15.0 Å². The molecule has 0 atom stereocenters. The summed E-state index contributed by atoms with van der Waals surface area (Å²) in [5, 5.41) is 4.74. The number of hydrogen-bond acceptors (Lipinski definition) is 7. The zero-order valence-electron chi connectivity index (χ0n) is 20.1. The number of nitrogens with one attached hydrogen (secondary N) is 1. The van der Waals surface area contributed by atoms with E-state index in [0.717, 1.165) is 72.9 Å². The van der Waals surface area contributed by atoms with Gasteiger partial charge in [0, 0.05) is 67.8 Å². The van der Waals surface area contributed by atoms with Crippen LogP contribution in [-0.4, -0.2) is 66.0 Å². The van der Waals surface area contributed by atoms with Crippen molar-refractivity contribution in [3.8, 4) is 5.75 Å². The maximum atomic E-state index is 12.4. The number of halogens is 1. The van der Waals surface area contributed by atoms with Crippen LogP contribution in [0, 0.1) is 0 Å². The minimum absolute atomic E-state index is 0.0502. The highest BCUT2D eigenvalue weighted by atomic mass is 35.5. The molecule has 1 fully saturated rings. The number of carbonyl (C=O) groups is 1. The smallest absolute Gasteiger partial charge is 0.251 e. The summed E-state index contributed by atoms with van der Waals surface area (Å²) in [4.78, 5) is 21.9. The average molecular weight is 514 g/mol. The van der Waals surface area contributed by atoms with Gasteiger partial charge in [0.1, 0.15) is 11.6 Å². The Bertz CT molecular complexity index is 1070. The molecule has 1 saturated heterocycles. The quantitative estimate of drug-likeness (QED) is 0.380. The fourth-order valence-electron chi connectivity index (χ4n) is 3.86. The molecule has 0 unspecified atom stereocenters. The molecule has 35 heavy (non-hydrogen) atoms. The number of amides is 1. The van der Waals surface area contributed by atoms with Gasteiger partial charge in [-0.2, -0.15) is 4.37 Å². The number of nitrogens with zero attached hydrogens (tertiary/aromatic N) is 4. The van der Waals surface area contributed by atoms with Gasteiger partial charge in [-0.05, 0) is 48.4 Å². The van der Waals surface area contributed by atoms with Crippen LogP contribution in [0.25, 0.3) is 0 Å². The topological polar surface area (TPSA) is 70.6 Å². The summed E-state index contributed by atoms with van der Waals surface area (Å²) in [6.07, 6.45) is 2.84. The van der Waals surface area contributed by atoms with Gasteiger partial charge >= 0.3 is 0 Å². The monoisotopic (exact) mass is 513 g/mol. The van der Waals surface area contributed by atoms with Gasteiger partial charge in [-0.15, -0.1) is 0 Å². The Kier molecular flexibility index (Phi) is 9.34. The van der Waals surface area contributed by atoms with Gasteiger partial charge in [-0.1, -0.05) is 37.1 Å². The number of anilines is 1. The van der Waals surface area contributed by atoms with Gasteiger partial charge in [0.15, 0.2) is 0 Å². The van der Waals surface area contributed by atoms with Gasteiger partial charge < -0.3 is 15.0 Å². The molecular weight excluding hydrogens is 482 g/mol. The lowest BCUT2D eigenvalue weighted by Crippen LogP contribution is -2.48. The van der Waals surface area contributed by atoms with E-state index >= 15 is 0 Å². The summed E-state index contributed by atoms with van der Waals surface area (Å²) < 4.78 is 10.2. The van der Waals surface area contributed by atoms with E-state index in [-0.39, 0.29) is 5.91 Å². The van der Waals surface area contributed by atoms with Crippen LogP contribution in [0.1, 0.15) is 41.5 Å². The molecular formula is C26H32ClN5O2S. The molecule has 0 spiro atoms. The number of ether oxygens (including phenoxy) is 1. The molecule has 1 aromatic heterocycles. The summed E-state index contributed by atoms with van der Waals surface area (Å²) in [7, 11) is 0. The van der Waals surface area contributed by atoms with Crippen LogP contribution in [0.2, 0.25) is 5.02 Å². The molecule has 9 heteroatoms. The average Bonchev–Trinajstić information content (AvgIpc) is 3.35. The van der Waals surface area contributed by atoms with E-state index < -0.39 is 0 Å².